The lowest BCUT2D eigenvalue weighted by Gasteiger charge is -2.55. The van der Waals surface area contributed by atoms with Gasteiger partial charge < -0.3 is 24.3 Å². The molecule has 2 aliphatic heterocycles. The van der Waals surface area contributed by atoms with Crippen LogP contribution in [-0.2, 0) is 16.1 Å². The number of benzene rings is 2. The van der Waals surface area contributed by atoms with Crippen LogP contribution in [0, 0.1) is 5.41 Å². The number of halogens is 1. The monoisotopic (exact) mass is 482 g/mol. The van der Waals surface area contributed by atoms with Gasteiger partial charge in [-0.25, -0.2) is 4.98 Å². The van der Waals surface area contributed by atoms with Gasteiger partial charge in [0.15, 0.2) is 0 Å². The summed E-state index contributed by atoms with van der Waals surface area (Å²) in [5.41, 5.74) is 3.25. The Morgan fingerprint density at radius 3 is 2.79 bits per heavy atom. The van der Waals surface area contributed by atoms with Crippen LogP contribution in [0.5, 0.6) is 5.75 Å². The molecule has 1 atom stereocenters. The van der Waals surface area contributed by atoms with E-state index < -0.39 is 0 Å². The van der Waals surface area contributed by atoms with Gasteiger partial charge in [-0.1, -0.05) is 23.7 Å². The van der Waals surface area contributed by atoms with E-state index in [2.05, 4.69) is 14.8 Å². The summed E-state index contributed by atoms with van der Waals surface area (Å²) >= 11 is 6.26. The van der Waals surface area contributed by atoms with E-state index in [1.54, 1.807) is 0 Å². The van der Waals surface area contributed by atoms with Crippen molar-refractivity contribution in [1.82, 2.24) is 19.8 Å². The van der Waals surface area contributed by atoms with Crippen molar-refractivity contribution in [3.8, 4) is 17.1 Å². The fraction of sp³-hybridized carbons (Fsp3) is 0.462. The first-order chi connectivity index (χ1) is 16.4. The van der Waals surface area contributed by atoms with Crippen molar-refractivity contribution in [2.24, 2.45) is 5.41 Å². The average molecular weight is 483 g/mol. The number of carbonyl (C=O) groups is 1. The smallest absolute Gasteiger partial charge is 0.217 e. The van der Waals surface area contributed by atoms with E-state index in [0.29, 0.717) is 23.6 Å². The highest BCUT2D eigenvalue weighted by Crippen LogP contribution is 2.37. The molecular formula is C26H31ClN4O3. The second-order valence-electron chi connectivity index (χ2n) is 9.71. The Kier molecular flexibility index (Phi) is 6.51. The molecule has 1 unspecified atom stereocenters. The Hall–Kier alpha value is -2.61. The molecule has 2 fully saturated rings. The van der Waals surface area contributed by atoms with Crippen LogP contribution in [0.2, 0.25) is 5.02 Å². The third-order valence-electron chi connectivity index (χ3n) is 6.53. The van der Waals surface area contributed by atoms with Crippen LogP contribution in [0.1, 0.15) is 20.3 Å². The molecule has 3 aromatic rings. The molecular weight excluding hydrogens is 452 g/mol. The first-order valence-corrected chi connectivity index (χ1v) is 12.2. The Balaban J connectivity index is 1.29. The van der Waals surface area contributed by atoms with Crippen molar-refractivity contribution in [2.45, 2.75) is 32.9 Å². The maximum atomic E-state index is 11.6. The standard InChI is InChI=1S/C26H31ClN4O3/c1-18(28-19(2)32)13-31-24-8-7-22(34-10-4-9-30-14-26(15-30)16-33-17-26)12-23(24)29-25(31)20-5-3-6-21(27)11-20/h3,5-8,11-12,18H,4,9-10,13-17H2,1-2H3,(H,28,32). The van der Waals surface area contributed by atoms with Crippen molar-refractivity contribution in [1.29, 1.82) is 0 Å². The zero-order chi connectivity index (χ0) is 23.7. The molecule has 2 saturated heterocycles. The lowest BCUT2D eigenvalue weighted by molar-refractivity contribution is -0.189. The van der Waals surface area contributed by atoms with Crippen molar-refractivity contribution in [3.63, 3.8) is 0 Å². The minimum absolute atomic E-state index is 0.0455. The summed E-state index contributed by atoms with van der Waals surface area (Å²) in [6.45, 7) is 10.0. The lowest BCUT2D eigenvalue weighted by atomic mass is 9.78. The van der Waals surface area contributed by atoms with Crippen LogP contribution < -0.4 is 10.1 Å². The number of nitrogens with zero attached hydrogens (tertiary/aromatic N) is 3. The van der Waals surface area contributed by atoms with E-state index in [9.17, 15) is 4.79 Å². The largest absolute Gasteiger partial charge is 0.493 e. The molecule has 3 heterocycles. The molecule has 34 heavy (non-hydrogen) atoms. The fourth-order valence-corrected chi connectivity index (χ4v) is 5.20. The van der Waals surface area contributed by atoms with Crippen molar-refractivity contribution in [3.05, 3.63) is 47.5 Å². The molecule has 180 valence electrons. The number of aromatic nitrogens is 2. The molecule has 0 bridgehead atoms. The number of fused-ring (bicyclic) bond motifs is 1. The van der Waals surface area contributed by atoms with Gasteiger partial charge in [0.2, 0.25) is 5.91 Å². The van der Waals surface area contributed by atoms with E-state index in [4.69, 9.17) is 26.1 Å². The predicted octanol–water partition coefficient (Wildman–Crippen LogP) is 3.98. The minimum Gasteiger partial charge on any atom is -0.493 e. The number of rotatable bonds is 9. The predicted molar refractivity (Wildman–Crippen MR) is 133 cm³/mol. The van der Waals surface area contributed by atoms with Gasteiger partial charge in [0, 0.05) is 61.2 Å². The normalized spacial score (nSPS) is 17.9. The van der Waals surface area contributed by atoms with E-state index >= 15 is 0 Å². The molecule has 1 aromatic heterocycles. The number of likely N-dealkylation sites (tertiary alicyclic amines) is 1. The molecule has 1 amide bonds. The van der Waals surface area contributed by atoms with Gasteiger partial charge in [-0.3, -0.25) is 4.79 Å². The SMILES string of the molecule is CC(=O)NC(C)Cn1c(-c2cccc(Cl)c2)nc2cc(OCCCN3CC4(COC4)C3)ccc21. The zero-order valence-corrected chi connectivity index (χ0v) is 20.5. The van der Waals surface area contributed by atoms with Crippen LogP contribution >= 0.6 is 11.6 Å². The summed E-state index contributed by atoms with van der Waals surface area (Å²) in [5, 5.41) is 3.62. The number of imidazole rings is 1. The van der Waals surface area contributed by atoms with Crippen molar-refractivity contribution in [2.75, 3.05) is 39.5 Å². The Labute approximate surface area is 205 Å². The molecule has 5 rings (SSSR count). The van der Waals surface area contributed by atoms with E-state index in [1.165, 1.54) is 6.92 Å². The van der Waals surface area contributed by atoms with Crippen LogP contribution in [0.4, 0.5) is 0 Å². The fourth-order valence-electron chi connectivity index (χ4n) is 5.01. The number of nitrogens with one attached hydrogen (secondary N) is 1. The molecule has 0 aliphatic carbocycles. The van der Waals surface area contributed by atoms with Crippen molar-refractivity contribution >= 4 is 28.5 Å². The van der Waals surface area contributed by atoms with Crippen LogP contribution in [0.3, 0.4) is 0 Å². The molecule has 0 radical (unpaired) electrons. The first kappa shape index (κ1) is 23.1. The molecule has 1 spiro atoms. The van der Waals surface area contributed by atoms with E-state index in [0.717, 1.165) is 67.4 Å². The third-order valence-corrected chi connectivity index (χ3v) is 6.77. The van der Waals surface area contributed by atoms with Gasteiger partial charge in [0.05, 0.1) is 30.9 Å². The van der Waals surface area contributed by atoms with Gasteiger partial charge in [0.1, 0.15) is 11.6 Å². The summed E-state index contributed by atoms with van der Waals surface area (Å²) < 4.78 is 13.5. The van der Waals surface area contributed by atoms with Gasteiger partial charge in [-0.2, -0.15) is 0 Å². The number of hydrogen-bond acceptors (Lipinski definition) is 5. The van der Waals surface area contributed by atoms with E-state index in [1.807, 2.05) is 49.4 Å². The van der Waals surface area contributed by atoms with Gasteiger partial charge in [-0.15, -0.1) is 0 Å². The van der Waals surface area contributed by atoms with Gasteiger partial charge in [0.25, 0.3) is 0 Å². The second kappa shape index (κ2) is 9.56. The second-order valence-corrected chi connectivity index (χ2v) is 10.2. The quantitative estimate of drug-likeness (QED) is 0.467. The summed E-state index contributed by atoms with van der Waals surface area (Å²) in [4.78, 5) is 18.9. The molecule has 1 N–H and O–H groups in total. The van der Waals surface area contributed by atoms with Crippen LogP contribution in [0.15, 0.2) is 42.5 Å². The van der Waals surface area contributed by atoms with E-state index in [-0.39, 0.29) is 11.9 Å². The number of amides is 1. The highest BCUT2D eigenvalue weighted by Gasteiger charge is 2.48. The molecule has 2 aliphatic rings. The maximum Gasteiger partial charge on any atom is 0.217 e. The van der Waals surface area contributed by atoms with Gasteiger partial charge in [-0.05, 0) is 37.6 Å². The lowest BCUT2D eigenvalue weighted by Crippen LogP contribution is -2.65. The summed E-state index contributed by atoms with van der Waals surface area (Å²) in [6.07, 6.45) is 0.991. The third kappa shape index (κ3) is 4.92. The Morgan fingerprint density at radius 2 is 2.09 bits per heavy atom. The highest BCUT2D eigenvalue weighted by atomic mass is 35.5. The topological polar surface area (TPSA) is 68.6 Å². The molecule has 8 heteroatoms. The van der Waals surface area contributed by atoms with Crippen LogP contribution in [0.25, 0.3) is 22.4 Å². The average Bonchev–Trinajstić information content (AvgIpc) is 3.08. The Morgan fingerprint density at radius 1 is 1.26 bits per heavy atom. The number of hydrogen-bond donors (Lipinski definition) is 1. The first-order valence-electron chi connectivity index (χ1n) is 11.9. The molecule has 2 aromatic carbocycles. The zero-order valence-electron chi connectivity index (χ0n) is 19.7. The van der Waals surface area contributed by atoms with Crippen molar-refractivity contribution < 1.29 is 14.3 Å². The minimum atomic E-state index is -0.0497. The molecule has 0 saturated carbocycles. The van der Waals surface area contributed by atoms with Gasteiger partial charge >= 0.3 is 0 Å². The highest BCUT2D eigenvalue weighted by molar-refractivity contribution is 6.30. The number of ether oxygens (including phenoxy) is 2. The maximum absolute atomic E-state index is 11.6. The number of carbonyl (C=O) groups excluding carboxylic acids is 1. The Bertz CT molecular complexity index is 1180. The van der Waals surface area contributed by atoms with Crippen LogP contribution in [-0.4, -0.2) is 65.9 Å². The summed E-state index contributed by atoms with van der Waals surface area (Å²) in [5.74, 6) is 1.59. The summed E-state index contributed by atoms with van der Waals surface area (Å²) in [7, 11) is 0. The molecule has 7 nitrogen and oxygen atoms in total. The summed E-state index contributed by atoms with van der Waals surface area (Å²) in [6, 6.07) is 13.7.